The number of hydrogen-bond donors (Lipinski definition) is 2. The number of piperazine rings is 1. The highest BCUT2D eigenvalue weighted by molar-refractivity contribution is 7.80. The summed E-state index contributed by atoms with van der Waals surface area (Å²) >= 11 is 9.83. The van der Waals surface area contributed by atoms with Crippen LogP contribution in [-0.2, 0) is 4.79 Å². The first-order valence-corrected chi connectivity index (χ1v) is 7.14. The fraction of sp³-hybridized carbons (Fsp3) is 0.500. The molecule has 0 unspecified atom stereocenters. The maximum absolute atomic E-state index is 12.1. The molecule has 1 saturated heterocycles. The molecule has 104 valence electrons. The second kappa shape index (κ2) is 6.34. The highest BCUT2D eigenvalue weighted by Crippen LogP contribution is 2.13. The topological polar surface area (TPSA) is 56.4 Å². The van der Waals surface area contributed by atoms with E-state index in [1.54, 1.807) is 22.1 Å². The number of aromatic nitrogens is 1. The van der Waals surface area contributed by atoms with Crippen molar-refractivity contribution in [1.82, 2.24) is 14.8 Å². The highest BCUT2D eigenvalue weighted by Gasteiger charge is 2.24. The van der Waals surface area contributed by atoms with Gasteiger partial charge in [0, 0.05) is 38.8 Å². The molecule has 1 aliphatic heterocycles. The van der Waals surface area contributed by atoms with E-state index < -0.39 is 0 Å². The van der Waals surface area contributed by atoms with E-state index in [1.165, 1.54) is 0 Å². The first-order valence-electron chi connectivity index (χ1n) is 6.13. The third-order valence-corrected chi connectivity index (χ3v) is 3.57. The maximum atomic E-state index is 12.1. The van der Waals surface area contributed by atoms with Gasteiger partial charge in [0.1, 0.15) is 5.69 Å². The predicted octanol–water partition coefficient (Wildman–Crippen LogP) is 1.27. The highest BCUT2D eigenvalue weighted by atomic mass is 35.5. The summed E-state index contributed by atoms with van der Waals surface area (Å²) in [5, 5.41) is 0.519. The summed E-state index contributed by atoms with van der Waals surface area (Å²) in [6.07, 6.45) is 2.03. The Labute approximate surface area is 122 Å². The van der Waals surface area contributed by atoms with Crippen LogP contribution < -0.4 is 0 Å². The summed E-state index contributed by atoms with van der Waals surface area (Å²) < 4.78 is 0. The van der Waals surface area contributed by atoms with E-state index in [1.807, 2.05) is 0 Å². The molecular formula is C12H16ClN3O2S. The lowest BCUT2D eigenvalue weighted by atomic mass is 10.2. The van der Waals surface area contributed by atoms with Gasteiger partial charge in [0.05, 0.1) is 5.02 Å². The van der Waals surface area contributed by atoms with Gasteiger partial charge >= 0.3 is 0 Å². The van der Waals surface area contributed by atoms with Crippen LogP contribution in [0.15, 0.2) is 12.3 Å². The fourth-order valence-electron chi connectivity index (χ4n) is 2.07. The predicted molar refractivity (Wildman–Crippen MR) is 76.8 cm³/mol. The summed E-state index contributed by atoms with van der Waals surface area (Å²) in [6, 6.07) is 1.61. The van der Waals surface area contributed by atoms with Crippen LogP contribution in [-0.4, -0.2) is 58.5 Å². The molecule has 1 N–H and O–H groups in total. The Morgan fingerprint density at radius 3 is 2.42 bits per heavy atom. The maximum Gasteiger partial charge on any atom is 0.270 e. The van der Waals surface area contributed by atoms with Crippen molar-refractivity contribution in [3.63, 3.8) is 0 Å². The fourth-order valence-corrected chi connectivity index (χ4v) is 2.43. The number of H-pyrrole nitrogens is 1. The Kier molecular flexibility index (Phi) is 4.76. The van der Waals surface area contributed by atoms with Crippen LogP contribution >= 0.6 is 24.2 Å². The van der Waals surface area contributed by atoms with Crippen molar-refractivity contribution in [3.8, 4) is 0 Å². The number of halogens is 1. The molecule has 1 aliphatic rings. The number of rotatable bonds is 3. The summed E-state index contributed by atoms with van der Waals surface area (Å²) in [6.45, 7) is 2.25. The molecule has 5 nitrogen and oxygen atoms in total. The van der Waals surface area contributed by atoms with E-state index in [0.29, 0.717) is 49.1 Å². The molecule has 2 rings (SSSR count). The van der Waals surface area contributed by atoms with Crippen LogP contribution in [0.25, 0.3) is 0 Å². The number of nitrogens with one attached hydrogen (secondary N) is 1. The standard InChI is InChI=1S/C12H16ClN3O2S/c13-9-7-10(14-8-9)12(18)16-4-2-15(3-5-16)11(17)1-6-19/h7-8,14,19H,1-6H2. The molecule has 0 bridgehead atoms. The number of nitrogens with zero attached hydrogens (tertiary/aromatic N) is 2. The van der Waals surface area contributed by atoms with Gasteiger partial charge < -0.3 is 14.8 Å². The summed E-state index contributed by atoms with van der Waals surface area (Å²) in [7, 11) is 0. The van der Waals surface area contributed by atoms with Crippen LogP contribution in [0.4, 0.5) is 0 Å². The quantitative estimate of drug-likeness (QED) is 0.826. The number of carbonyl (C=O) groups is 2. The zero-order valence-corrected chi connectivity index (χ0v) is 12.1. The zero-order chi connectivity index (χ0) is 13.8. The zero-order valence-electron chi connectivity index (χ0n) is 10.4. The molecule has 0 aromatic carbocycles. The van der Waals surface area contributed by atoms with Gasteiger partial charge in [-0.3, -0.25) is 9.59 Å². The first-order chi connectivity index (χ1) is 9.11. The lowest BCUT2D eigenvalue weighted by Gasteiger charge is -2.34. The van der Waals surface area contributed by atoms with E-state index in [4.69, 9.17) is 11.6 Å². The van der Waals surface area contributed by atoms with Gasteiger partial charge in [-0.1, -0.05) is 11.6 Å². The SMILES string of the molecule is O=C(CCS)N1CCN(C(=O)c2cc(Cl)c[nH]2)CC1. The average molecular weight is 302 g/mol. The van der Waals surface area contributed by atoms with Crippen molar-refractivity contribution in [2.45, 2.75) is 6.42 Å². The van der Waals surface area contributed by atoms with E-state index in [-0.39, 0.29) is 11.8 Å². The molecule has 2 heterocycles. The molecule has 7 heteroatoms. The molecule has 0 atom stereocenters. The van der Waals surface area contributed by atoms with E-state index >= 15 is 0 Å². The smallest absolute Gasteiger partial charge is 0.270 e. The van der Waals surface area contributed by atoms with Crippen LogP contribution in [0.1, 0.15) is 16.9 Å². The summed E-state index contributed by atoms with van der Waals surface area (Å²) in [4.78, 5) is 30.2. The molecule has 19 heavy (non-hydrogen) atoms. The van der Waals surface area contributed by atoms with Crippen molar-refractivity contribution in [2.24, 2.45) is 0 Å². The average Bonchev–Trinajstić information content (AvgIpc) is 2.85. The number of carbonyl (C=O) groups excluding carboxylic acids is 2. The van der Waals surface area contributed by atoms with Crippen molar-refractivity contribution >= 4 is 36.0 Å². The Balaban J connectivity index is 1.89. The van der Waals surface area contributed by atoms with E-state index in [9.17, 15) is 9.59 Å². The van der Waals surface area contributed by atoms with Crippen LogP contribution in [0.3, 0.4) is 0 Å². The molecule has 1 aromatic rings. The van der Waals surface area contributed by atoms with E-state index in [2.05, 4.69) is 17.6 Å². The normalized spacial score (nSPS) is 15.7. The number of aromatic amines is 1. The molecule has 0 radical (unpaired) electrons. The van der Waals surface area contributed by atoms with Crippen LogP contribution in [0, 0.1) is 0 Å². The van der Waals surface area contributed by atoms with Gasteiger partial charge in [-0.25, -0.2) is 0 Å². The molecule has 0 aliphatic carbocycles. The minimum absolute atomic E-state index is 0.0757. The van der Waals surface area contributed by atoms with Gasteiger partial charge in [0.2, 0.25) is 5.91 Å². The van der Waals surface area contributed by atoms with Crippen LogP contribution in [0.2, 0.25) is 5.02 Å². The third-order valence-electron chi connectivity index (χ3n) is 3.12. The number of hydrogen-bond acceptors (Lipinski definition) is 3. The Morgan fingerprint density at radius 2 is 1.89 bits per heavy atom. The Morgan fingerprint density at radius 1 is 1.26 bits per heavy atom. The molecular weight excluding hydrogens is 286 g/mol. The first kappa shape index (κ1) is 14.3. The number of thiol groups is 1. The van der Waals surface area contributed by atoms with Gasteiger partial charge in [0.15, 0.2) is 0 Å². The van der Waals surface area contributed by atoms with Gasteiger partial charge in [-0.15, -0.1) is 0 Å². The van der Waals surface area contributed by atoms with Gasteiger partial charge in [0.25, 0.3) is 5.91 Å². The van der Waals surface area contributed by atoms with Crippen molar-refractivity contribution in [1.29, 1.82) is 0 Å². The van der Waals surface area contributed by atoms with Crippen molar-refractivity contribution in [2.75, 3.05) is 31.9 Å². The molecule has 0 saturated carbocycles. The van der Waals surface area contributed by atoms with Gasteiger partial charge in [-0.2, -0.15) is 12.6 Å². The summed E-state index contributed by atoms with van der Waals surface area (Å²) in [5.41, 5.74) is 0.486. The lowest BCUT2D eigenvalue weighted by Crippen LogP contribution is -2.50. The van der Waals surface area contributed by atoms with Crippen LogP contribution in [0.5, 0.6) is 0 Å². The molecule has 0 spiro atoms. The third kappa shape index (κ3) is 3.45. The Bertz CT molecular complexity index is 469. The minimum Gasteiger partial charge on any atom is -0.356 e. The molecule has 1 fully saturated rings. The minimum atomic E-state index is -0.0757. The van der Waals surface area contributed by atoms with Crippen molar-refractivity contribution < 1.29 is 9.59 Å². The second-order valence-corrected chi connectivity index (χ2v) is 5.26. The summed E-state index contributed by atoms with van der Waals surface area (Å²) in [5.74, 6) is 0.581. The van der Waals surface area contributed by atoms with E-state index in [0.717, 1.165) is 0 Å². The molecule has 1 aromatic heterocycles. The molecule has 2 amide bonds. The van der Waals surface area contributed by atoms with Gasteiger partial charge in [-0.05, 0) is 11.8 Å². The Hall–Kier alpha value is -1.14. The largest absolute Gasteiger partial charge is 0.356 e. The number of amides is 2. The van der Waals surface area contributed by atoms with Crippen molar-refractivity contribution in [3.05, 3.63) is 23.0 Å². The second-order valence-electron chi connectivity index (χ2n) is 4.38. The monoisotopic (exact) mass is 301 g/mol. The lowest BCUT2D eigenvalue weighted by molar-refractivity contribution is -0.132.